The van der Waals surface area contributed by atoms with Gasteiger partial charge in [0.05, 0.1) is 12.3 Å². The fourth-order valence-electron chi connectivity index (χ4n) is 3.61. The van der Waals surface area contributed by atoms with Crippen molar-refractivity contribution in [2.24, 2.45) is 5.92 Å². The summed E-state index contributed by atoms with van der Waals surface area (Å²) in [7, 11) is 0. The number of benzene rings is 2. The van der Waals surface area contributed by atoms with Crippen LogP contribution in [0.25, 0.3) is 0 Å². The summed E-state index contributed by atoms with van der Waals surface area (Å²) in [5.74, 6) is 0.983. The van der Waals surface area contributed by atoms with E-state index in [4.69, 9.17) is 4.74 Å². The number of carbonyl (C=O) groups excluding carboxylic acids is 1. The minimum Gasteiger partial charge on any atom is -0.492 e. The maximum atomic E-state index is 13.0. The average Bonchev–Trinajstić information content (AvgIpc) is 2.74. The van der Waals surface area contributed by atoms with Crippen LogP contribution in [0.15, 0.2) is 48.5 Å². The van der Waals surface area contributed by atoms with Gasteiger partial charge < -0.3 is 20.3 Å². The lowest BCUT2D eigenvalue weighted by atomic mass is 9.96. The Labute approximate surface area is 172 Å². The molecule has 0 aromatic heterocycles. The van der Waals surface area contributed by atoms with Crippen LogP contribution in [0.4, 0.5) is 14.9 Å². The van der Waals surface area contributed by atoms with Gasteiger partial charge in [-0.2, -0.15) is 0 Å². The van der Waals surface area contributed by atoms with Gasteiger partial charge in [0.15, 0.2) is 0 Å². The van der Waals surface area contributed by atoms with Gasteiger partial charge in [0.25, 0.3) is 0 Å². The fourth-order valence-corrected chi connectivity index (χ4v) is 3.61. The molecule has 1 heterocycles. The van der Waals surface area contributed by atoms with E-state index in [1.807, 2.05) is 43.3 Å². The van der Waals surface area contributed by atoms with Crippen LogP contribution in [0.2, 0.25) is 0 Å². The van der Waals surface area contributed by atoms with Crippen LogP contribution in [0.3, 0.4) is 0 Å². The van der Waals surface area contributed by atoms with Gasteiger partial charge in [0.1, 0.15) is 11.6 Å². The van der Waals surface area contributed by atoms with Crippen LogP contribution in [0.5, 0.6) is 5.75 Å². The highest BCUT2D eigenvalue weighted by Crippen LogP contribution is 2.23. The molecule has 1 aliphatic heterocycles. The van der Waals surface area contributed by atoms with E-state index in [1.54, 1.807) is 0 Å². The molecule has 0 spiro atoms. The molecule has 29 heavy (non-hydrogen) atoms. The first-order valence-corrected chi connectivity index (χ1v) is 10.4. The van der Waals surface area contributed by atoms with E-state index >= 15 is 0 Å². The van der Waals surface area contributed by atoms with Crippen molar-refractivity contribution in [1.29, 1.82) is 0 Å². The smallest absolute Gasteiger partial charge is 0.319 e. The Morgan fingerprint density at radius 1 is 1.14 bits per heavy atom. The van der Waals surface area contributed by atoms with E-state index in [0.29, 0.717) is 30.5 Å². The Balaban J connectivity index is 1.35. The molecule has 1 fully saturated rings. The zero-order valence-corrected chi connectivity index (χ0v) is 17.0. The normalized spacial score (nSPS) is 15.1. The van der Waals surface area contributed by atoms with Crippen LogP contribution in [0.1, 0.15) is 25.3 Å². The van der Waals surface area contributed by atoms with E-state index in [2.05, 4.69) is 15.5 Å². The number of nitrogens with one attached hydrogen (secondary N) is 2. The molecule has 0 unspecified atom stereocenters. The van der Waals surface area contributed by atoms with Crippen LogP contribution in [-0.2, 0) is 6.42 Å². The number of hydrogen-bond acceptors (Lipinski definition) is 3. The Morgan fingerprint density at radius 3 is 2.59 bits per heavy atom. The largest absolute Gasteiger partial charge is 0.492 e. The lowest BCUT2D eigenvalue weighted by molar-refractivity contribution is 0.184. The SMILES string of the molecule is CCOc1ccccc1NC(=O)NCC1CCN(CCc2ccc(F)cc2)CC1. The number of amides is 2. The molecule has 2 aromatic rings. The first-order valence-electron chi connectivity index (χ1n) is 10.4. The molecule has 2 aromatic carbocycles. The maximum Gasteiger partial charge on any atom is 0.319 e. The number of anilines is 1. The second-order valence-electron chi connectivity index (χ2n) is 7.43. The monoisotopic (exact) mass is 399 g/mol. The van der Waals surface area contributed by atoms with Crippen LogP contribution >= 0.6 is 0 Å². The number of halogens is 1. The van der Waals surface area contributed by atoms with Crippen molar-refractivity contribution in [2.45, 2.75) is 26.2 Å². The number of hydrogen-bond donors (Lipinski definition) is 2. The first-order chi connectivity index (χ1) is 14.1. The molecular formula is C23H30FN3O2. The zero-order valence-electron chi connectivity index (χ0n) is 17.0. The summed E-state index contributed by atoms with van der Waals surface area (Å²) in [6.07, 6.45) is 3.07. The zero-order chi connectivity index (χ0) is 20.5. The van der Waals surface area contributed by atoms with E-state index in [9.17, 15) is 9.18 Å². The summed E-state index contributed by atoms with van der Waals surface area (Å²) in [6.45, 7) is 6.20. The van der Waals surface area contributed by atoms with E-state index in [0.717, 1.165) is 38.9 Å². The standard InChI is InChI=1S/C23H30FN3O2/c1-2-29-22-6-4-3-5-21(22)26-23(28)25-17-19-12-15-27(16-13-19)14-11-18-7-9-20(24)10-8-18/h3-10,19H,2,11-17H2,1H3,(H2,25,26,28). The van der Waals surface area contributed by atoms with Gasteiger partial charge in [0, 0.05) is 13.1 Å². The van der Waals surface area contributed by atoms with Crippen molar-refractivity contribution >= 4 is 11.7 Å². The van der Waals surface area contributed by atoms with Crippen molar-refractivity contribution in [2.75, 3.05) is 38.1 Å². The molecule has 0 radical (unpaired) electrons. The van der Waals surface area contributed by atoms with Gasteiger partial charge in [-0.3, -0.25) is 0 Å². The number of para-hydroxylation sites is 2. The Bertz CT molecular complexity index is 774. The molecule has 156 valence electrons. The second-order valence-corrected chi connectivity index (χ2v) is 7.43. The summed E-state index contributed by atoms with van der Waals surface area (Å²) in [5, 5.41) is 5.86. The quantitative estimate of drug-likeness (QED) is 0.696. The number of carbonyl (C=O) groups is 1. The summed E-state index contributed by atoms with van der Waals surface area (Å²) < 4.78 is 18.5. The van der Waals surface area contributed by atoms with Crippen LogP contribution < -0.4 is 15.4 Å². The van der Waals surface area contributed by atoms with E-state index in [1.165, 1.54) is 17.7 Å². The summed E-state index contributed by atoms with van der Waals surface area (Å²) in [5.41, 5.74) is 1.85. The lowest BCUT2D eigenvalue weighted by Gasteiger charge is -2.32. The molecular weight excluding hydrogens is 369 g/mol. The van der Waals surface area contributed by atoms with Crippen LogP contribution in [0, 0.1) is 11.7 Å². The van der Waals surface area contributed by atoms with Gasteiger partial charge in [-0.25, -0.2) is 9.18 Å². The third-order valence-corrected chi connectivity index (χ3v) is 5.32. The molecule has 5 nitrogen and oxygen atoms in total. The lowest BCUT2D eigenvalue weighted by Crippen LogP contribution is -2.40. The molecule has 2 amide bonds. The highest BCUT2D eigenvalue weighted by atomic mass is 19.1. The summed E-state index contributed by atoms with van der Waals surface area (Å²) in [6, 6.07) is 14.0. The predicted molar refractivity (Wildman–Crippen MR) is 114 cm³/mol. The van der Waals surface area contributed by atoms with Crippen LogP contribution in [-0.4, -0.2) is 43.7 Å². The fraction of sp³-hybridized carbons (Fsp3) is 0.435. The molecule has 0 atom stereocenters. The van der Waals surface area contributed by atoms with Crippen molar-refractivity contribution in [3.05, 3.63) is 59.9 Å². The molecule has 1 saturated heterocycles. The average molecular weight is 400 g/mol. The highest BCUT2D eigenvalue weighted by Gasteiger charge is 2.19. The number of rotatable bonds is 8. The molecule has 0 saturated carbocycles. The topological polar surface area (TPSA) is 53.6 Å². The Morgan fingerprint density at radius 2 is 1.86 bits per heavy atom. The maximum absolute atomic E-state index is 13.0. The Hall–Kier alpha value is -2.60. The number of nitrogens with zero attached hydrogens (tertiary/aromatic N) is 1. The summed E-state index contributed by atoms with van der Waals surface area (Å²) in [4.78, 5) is 14.7. The number of piperidine rings is 1. The molecule has 0 aliphatic carbocycles. The molecule has 2 N–H and O–H groups in total. The number of likely N-dealkylation sites (tertiary alicyclic amines) is 1. The minimum absolute atomic E-state index is 0.188. The van der Waals surface area contributed by atoms with Gasteiger partial charge in [-0.1, -0.05) is 24.3 Å². The van der Waals surface area contributed by atoms with Crippen molar-refractivity contribution in [3.63, 3.8) is 0 Å². The third-order valence-electron chi connectivity index (χ3n) is 5.32. The van der Waals surface area contributed by atoms with Gasteiger partial charge in [-0.05, 0) is 75.0 Å². The summed E-state index contributed by atoms with van der Waals surface area (Å²) >= 11 is 0. The number of ether oxygens (including phenoxy) is 1. The highest BCUT2D eigenvalue weighted by molar-refractivity contribution is 5.90. The Kier molecular flexibility index (Phi) is 7.87. The molecule has 6 heteroatoms. The van der Waals surface area contributed by atoms with Crippen molar-refractivity contribution in [1.82, 2.24) is 10.2 Å². The number of urea groups is 1. The predicted octanol–water partition coefficient (Wildman–Crippen LogP) is 4.30. The van der Waals surface area contributed by atoms with Gasteiger partial charge >= 0.3 is 6.03 Å². The first kappa shape index (κ1) is 21.1. The van der Waals surface area contributed by atoms with Gasteiger partial charge in [0.2, 0.25) is 0 Å². The van der Waals surface area contributed by atoms with Gasteiger partial charge in [-0.15, -0.1) is 0 Å². The minimum atomic E-state index is -0.198. The van der Waals surface area contributed by atoms with Crippen molar-refractivity contribution in [3.8, 4) is 5.75 Å². The molecule has 3 rings (SSSR count). The second kappa shape index (κ2) is 10.8. The molecule has 1 aliphatic rings. The third kappa shape index (κ3) is 6.75. The van der Waals surface area contributed by atoms with E-state index in [-0.39, 0.29) is 11.8 Å². The van der Waals surface area contributed by atoms with Crippen molar-refractivity contribution < 1.29 is 13.9 Å². The van der Waals surface area contributed by atoms with E-state index < -0.39 is 0 Å². The molecule has 0 bridgehead atoms.